The second-order valence-electron chi connectivity index (χ2n) is 7.22. The number of fused-ring (bicyclic) bond motifs is 2. The van der Waals surface area contributed by atoms with Gasteiger partial charge in [-0.15, -0.1) is 0 Å². The normalized spacial score (nSPS) is 23.7. The van der Waals surface area contributed by atoms with E-state index >= 15 is 0 Å². The summed E-state index contributed by atoms with van der Waals surface area (Å²) in [4.78, 5) is 18.4. The highest BCUT2D eigenvalue weighted by Crippen LogP contribution is 2.41. The van der Waals surface area contributed by atoms with E-state index in [2.05, 4.69) is 23.3 Å². The van der Waals surface area contributed by atoms with Crippen LogP contribution in [-0.2, 0) is 0 Å². The SMILES string of the molecule is CC1CC2CC(C1)N2C(=O)Nc1ccc(C#N)c(-c2cncc(F)c2)c1. The third kappa shape index (κ3) is 2.90. The first-order valence-electron chi connectivity index (χ1n) is 8.79. The van der Waals surface area contributed by atoms with Crippen LogP contribution in [-0.4, -0.2) is 28.0 Å². The number of benzene rings is 1. The van der Waals surface area contributed by atoms with Crippen LogP contribution >= 0.6 is 0 Å². The lowest BCUT2D eigenvalue weighted by Crippen LogP contribution is -2.63. The number of halogens is 1. The number of nitriles is 1. The molecule has 1 N–H and O–H groups in total. The first kappa shape index (κ1) is 16.5. The molecule has 2 amide bonds. The highest BCUT2D eigenvalue weighted by Gasteiger charge is 2.46. The number of piperidine rings is 1. The number of hydrogen-bond donors (Lipinski definition) is 1. The van der Waals surface area contributed by atoms with Gasteiger partial charge in [-0.3, -0.25) is 4.98 Å². The van der Waals surface area contributed by atoms with E-state index in [9.17, 15) is 14.4 Å². The van der Waals surface area contributed by atoms with E-state index in [-0.39, 0.29) is 6.03 Å². The van der Waals surface area contributed by atoms with Crippen molar-refractivity contribution in [2.45, 2.75) is 38.3 Å². The van der Waals surface area contributed by atoms with Crippen molar-refractivity contribution in [1.82, 2.24) is 9.88 Å². The fourth-order valence-corrected chi connectivity index (χ4v) is 4.18. The number of hydrogen-bond acceptors (Lipinski definition) is 3. The third-order valence-electron chi connectivity index (χ3n) is 5.32. The molecule has 3 aliphatic rings. The second-order valence-corrected chi connectivity index (χ2v) is 7.22. The molecule has 5 nitrogen and oxygen atoms in total. The molecular weight excluding hydrogens is 331 g/mol. The Morgan fingerprint density at radius 1 is 1.27 bits per heavy atom. The van der Waals surface area contributed by atoms with E-state index in [1.54, 1.807) is 18.2 Å². The standard InChI is InChI=1S/C20H19FN4O/c1-12-4-17-8-18(5-12)25(17)20(26)24-16-3-2-13(9-22)19(7-16)14-6-15(21)11-23-10-14/h2-3,6-7,10-12,17-18H,4-5,8H2,1H3,(H,24,26). The Kier molecular flexibility index (Phi) is 4.08. The van der Waals surface area contributed by atoms with Gasteiger partial charge in [-0.1, -0.05) is 6.92 Å². The number of pyridine rings is 1. The van der Waals surface area contributed by atoms with E-state index < -0.39 is 5.82 Å². The van der Waals surface area contributed by atoms with Crippen LogP contribution in [0.3, 0.4) is 0 Å². The van der Waals surface area contributed by atoms with E-state index in [1.807, 2.05) is 4.90 Å². The summed E-state index contributed by atoms with van der Waals surface area (Å²) in [5.41, 5.74) is 2.05. The highest BCUT2D eigenvalue weighted by atomic mass is 19.1. The van der Waals surface area contributed by atoms with E-state index in [1.165, 1.54) is 12.3 Å². The van der Waals surface area contributed by atoms with Crippen molar-refractivity contribution in [2.24, 2.45) is 5.92 Å². The van der Waals surface area contributed by atoms with Crippen LogP contribution < -0.4 is 5.32 Å². The average Bonchev–Trinajstić information content (AvgIpc) is 2.61. The monoisotopic (exact) mass is 350 g/mol. The molecule has 2 bridgehead atoms. The van der Waals surface area contributed by atoms with E-state index in [0.29, 0.717) is 40.4 Å². The number of anilines is 1. The van der Waals surface area contributed by atoms with Gasteiger partial charge in [0, 0.05) is 35.1 Å². The number of aromatic nitrogens is 1. The minimum Gasteiger partial charge on any atom is -0.318 e. The number of urea groups is 1. The van der Waals surface area contributed by atoms with Gasteiger partial charge in [0.1, 0.15) is 5.82 Å². The zero-order valence-corrected chi connectivity index (χ0v) is 14.4. The highest BCUT2D eigenvalue weighted by molar-refractivity contribution is 5.91. The maximum absolute atomic E-state index is 13.5. The topological polar surface area (TPSA) is 69.0 Å². The first-order valence-corrected chi connectivity index (χ1v) is 8.79. The summed E-state index contributed by atoms with van der Waals surface area (Å²) in [5, 5.41) is 12.3. The van der Waals surface area contributed by atoms with Gasteiger partial charge < -0.3 is 10.2 Å². The Morgan fingerprint density at radius 2 is 2.04 bits per heavy atom. The van der Waals surface area contributed by atoms with Crippen LogP contribution in [0.2, 0.25) is 0 Å². The lowest BCUT2D eigenvalue weighted by atomic mass is 9.74. The smallest absolute Gasteiger partial charge is 0.318 e. The van der Waals surface area contributed by atoms with Crippen LogP contribution in [0.4, 0.5) is 14.9 Å². The van der Waals surface area contributed by atoms with Crippen molar-refractivity contribution in [1.29, 1.82) is 5.26 Å². The maximum Gasteiger partial charge on any atom is 0.322 e. The molecule has 1 aromatic carbocycles. The van der Waals surface area contributed by atoms with Crippen molar-refractivity contribution in [3.8, 4) is 17.2 Å². The van der Waals surface area contributed by atoms with Crippen LogP contribution in [0.5, 0.6) is 0 Å². The molecular formula is C20H19FN4O. The molecule has 1 saturated carbocycles. The molecule has 2 atom stereocenters. The molecule has 2 aromatic rings. The molecule has 1 aliphatic carbocycles. The number of carbonyl (C=O) groups is 1. The first-order chi connectivity index (χ1) is 12.5. The summed E-state index contributed by atoms with van der Waals surface area (Å²) in [6.07, 6.45) is 5.82. The van der Waals surface area contributed by atoms with Crippen LogP contribution in [0, 0.1) is 23.1 Å². The van der Waals surface area contributed by atoms with Crippen LogP contribution in [0.1, 0.15) is 31.7 Å². The largest absolute Gasteiger partial charge is 0.322 e. The van der Waals surface area contributed by atoms with Crippen molar-refractivity contribution >= 4 is 11.7 Å². The van der Waals surface area contributed by atoms with Crippen molar-refractivity contribution in [2.75, 3.05) is 5.32 Å². The Balaban J connectivity index is 1.57. The van der Waals surface area contributed by atoms with Gasteiger partial charge >= 0.3 is 6.03 Å². The molecule has 0 radical (unpaired) electrons. The summed E-state index contributed by atoms with van der Waals surface area (Å²) < 4.78 is 13.5. The summed E-state index contributed by atoms with van der Waals surface area (Å²) in [6.45, 7) is 2.23. The fourth-order valence-electron chi connectivity index (χ4n) is 4.18. The Hall–Kier alpha value is -2.94. The molecule has 2 aliphatic heterocycles. The molecule has 2 unspecified atom stereocenters. The second kappa shape index (κ2) is 6.41. The van der Waals surface area contributed by atoms with Gasteiger partial charge in [0.25, 0.3) is 0 Å². The minimum atomic E-state index is -0.469. The lowest BCUT2D eigenvalue weighted by molar-refractivity contribution is -0.00600. The average molecular weight is 350 g/mol. The molecule has 6 heteroatoms. The molecule has 26 heavy (non-hydrogen) atoms. The Labute approximate surface area is 151 Å². The van der Waals surface area contributed by atoms with Crippen LogP contribution in [0.15, 0.2) is 36.7 Å². The fraction of sp³-hybridized carbons (Fsp3) is 0.350. The number of nitrogens with zero attached hydrogens (tertiary/aromatic N) is 3. The molecule has 5 rings (SSSR count). The Morgan fingerprint density at radius 3 is 2.73 bits per heavy atom. The number of rotatable bonds is 2. The molecule has 2 saturated heterocycles. The van der Waals surface area contributed by atoms with Gasteiger partial charge in [-0.05, 0) is 49.4 Å². The zero-order chi connectivity index (χ0) is 18.3. The van der Waals surface area contributed by atoms with Gasteiger partial charge in [0.05, 0.1) is 17.8 Å². The summed E-state index contributed by atoms with van der Waals surface area (Å²) in [6, 6.07) is 9.02. The van der Waals surface area contributed by atoms with Gasteiger partial charge in [-0.25, -0.2) is 9.18 Å². The van der Waals surface area contributed by atoms with Gasteiger partial charge in [-0.2, -0.15) is 5.26 Å². The summed E-state index contributed by atoms with van der Waals surface area (Å²) in [5.74, 6) is 0.202. The summed E-state index contributed by atoms with van der Waals surface area (Å²) >= 11 is 0. The third-order valence-corrected chi connectivity index (χ3v) is 5.32. The van der Waals surface area contributed by atoms with Gasteiger partial charge in [0.2, 0.25) is 0 Å². The van der Waals surface area contributed by atoms with Gasteiger partial charge in [0.15, 0.2) is 0 Å². The predicted octanol–water partition coefficient (Wildman–Crippen LogP) is 4.16. The minimum absolute atomic E-state index is 0.105. The Bertz CT molecular complexity index is 895. The van der Waals surface area contributed by atoms with Crippen LogP contribution in [0.25, 0.3) is 11.1 Å². The number of carbonyl (C=O) groups excluding carboxylic acids is 1. The predicted molar refractivity (Wildman–Crippen MR) is 95.8 cm³/mol. The van der Waals surface area contributed by atoms with Crippen molar-refractivity contribution < 1.29 is 9.18 Å². The molecule has 0 spiro atoms. The molecule has 132 valence electrons. The maximum atomic E-state index is 13.5. The number of nitrogens with one attached hydrogen (secondary N) is 1. The van der Waals surface area contributed by atoms with E-state index in [4.69, 9.17) is 0 Å². The number of amides is 2. The molecule has 3 fully saturated rings. The van der Waals surface area contributed by atoms with Crippen molar-refractivity contribution in [3.05, 3.63) is 48.0 Å². The summed E-state index contributed by atoms with van der Waals surface area (Å²) in [7, 11) is 0. The molecule has 1 aromatic heterocycles. The van der Waals surface area contributed by atoms with Crippen molar-refractivity contribution in [3.63, 3.8) is 0 Å². The molecule has 3 heterocycles. The van der Waals surface area contributed by atoms with E-state index in [0.717, 1.165) is 25.5 Å². The zero-order valence-electron chi connectivity index (χ0n) is 14.4. The lowest BCUT2D eigenvalue weighted by Gasteiger charge is -2.54. The quantitative estimate of drug-likeness (QED) is 0.884.